The third-order valence-corrected chi connectivity index (χ3v) is 4.01. The first-order valence-corrected chi connectivity index (χ1v) is 6.96. The molecule has 96 valence electrons. The van der Waals surface area contributed by atoms with Crippen LogP contribution in [0.3, 0.4) is 0 Å². The van der Waals surface area contributed by atoms with E-state index in [2.05, 4.69) is 35.6 Å². The maximum atomic E-state index is 6.00. The van der Waals surface area contributed by atoms with Crippen LogP contribution in [0.5, 0.6) is 0 Å². The van der Waals surface area contributed by atoms with Crippen molar-refractivity contribution in [2.24, 2.45) is 0 Å². The zero-order valence-corrected chi connectivity index (χ0v) is 11.9. The van der Waals surface area contributed by atoms with Gasteiger partial charge in [0.2, 0.25) is 0 Å². The van der Waals surface area contributed by atoms with Crippen LogP contribution in [-0.2, 0) is 6.42 Å². The summed E-state index contributed by atoms with van der Waals surface area (Å²) in [4.78, 5) is 4.44. The Kier molecular flexibility index (Phi) is 3.87. The monoisotopic (exact) mass is 261 g/mol. The molecule has 0 aliphatic carbocycles. The fourth-order valence-corrected chi connectivity index (χ4v) is 2.59. The SMILES string of the molecule is Cc1csc(CCNc2cc(C)c(C)cc2N)n1. The van der Waals surface area contributed by atoms with Crippen LogP contribution in [0, 0.1) is 20.8 Å². The molecule has 0 amide bonds. The second kappa shape index (κ2) is 5.40. The van der Waals surface area contributed by atoms with E-state index in [-0.39, 0.29) is 0 Å². The van der Waals surface area contributed by atoms with Crippen LogP contribution in [-0.4, -0.2) is 11.5 Å². The van der Waals surface area contributed by atoms with Crippen LogP contribution in [0.25, 0.3) is 0 Å². The van der Waals surface area contributed by atoms with Gasteiger partial charge in [-0.2, -0.15) is 0 Å². The molecule has 3 N–H and O–H groups in total. The number of nitrogens with zero attached hydrogens (tertiary/aromatic N) is 1. The van der Waals surface area contributed by atoms with Gasteiger partial charge in [-0.3, -0.25) is 0 Å². The van der Waals surface area contributed by atoms with Gasteiger partial charge in [-0.15, -0.1) is 11.3 Å². The van der Waals surface area contributed by atoms with Crippen LogP contribution in [0.1, 0.15) is 21.8 Å². The number of benzene rings is 1. The Labute approximate surface area is 112 Å². The summed E-state index contributed by atoms with van der Waals surface area (Å²) in [5.74, 6) is 0. The number of hydrogen-bond acceptors (Lipinski definition) is 4. The molecule has 0 fully saturated rings. The number of anilines is 2. The standard InChI is InChI=1S/C14H19N3S/c1-9-6-12(15)13(7-10(9)2)16-5-4-14-17-11(3)8-18-14/h6-8,16H,4-5,15H2,1-3H3. The quantitative estimate of drug-likeness (QED) is 0.830. The smallest absolute Gasteiger partial charge is 0.0945 e. The largest absolute Gasteiger partial charge is 0.397 e. The minimum atomic E-state index is 0.813. The van der Waals surface area contributed by atoms with E-state index in [0.29, 0.717) is 0 Å². The summed E-state index contributed by atoms with van der Waals surface area (Å²) < 4.78 is 0. The molecule has 2 rings (SSSR count). The molecule has 3 nitrogen and oxygen atoms in total. The van der Waals surface area contributed by atoms with Gasteiger partial charge < -0.3 is 11.1 Å². The van der Waals surface area contributed by atoms with E-state index >= 15 is 0 Å². The first-order chi connectivity index (χ1) is 8.56. The lowest BCUT2D eigenvalue weighted by Gasteiger charge is -2.11. The summed E-state index contributed by atoms with van der Waals surface area (Å²) in [5, 5.41) is 6.63. The van der Waals surface area contributed by atoms with E-state index in [9.17, 15) is 0 Å². The number of aromatic nitrogens is 1. The number of nitrogens with one attached hydrogen (secondary N) is 1. The Bertz CT molecular complexity index is 546. The predicted octanol–water partition coefficient (Wildman–Crippen LogP) is 3.31. The van der Waals surface area contributed by atoms with Gasteiger partial charge in [-0.1, -0.05) is 0 Å². The number of nitrogens with two attached hydrogens (primary N) is 1. The molecule has 0 radical (unpaired) electrons. The molecular weight excluding hydrogens is 242 g/mol. The fourth-order valence-electron chi connectivity index (χ4n) is 1.81. The van der Waals surface area contributed by atoms with Gasteiger partial charge in [-0.05, 0) is 44.0 Å². The van der Waals surface area contributed by atoms with Gasteiger partial charge in [0.05, 0.1) is 16.4 Å². The van der Waals surface area contributed by atoms with E-state index < -0.39 is 0 Å². The highest BCUT2D eigenvalue weighted by molar-refractivity contribution is 7.09. The molecular formula is C14H19N3S. The zero-order chi connectivity index (χ0) is 13.1. The number of nitrogen functional groups attached to an aromatic ring is 1. The van der Waals surface area contributed by atoms with E-state index in [1.54, 1.807) is 11.3 Å². The normalized spacial score (nSPS) is 10.6. The van der Waals surface area contributed by atoms with Crippen molar-refractivity contribution >= 4 is 22.7 Å². The lowest BCUT2D eigenvalue weighted by atomic mass is 10.1. The molecule has 0 unspecified atom stereocenters. The molecule has 0 spiro atoms. The number of aryl methyl sites for hydroxylation is 3. The van der Waals surface area contributed by atoms with Crippen molar-refractivity contribution in [3.8, 4) is 0 Å². The Morgan fingerprint density at radius 1 is 1.22 bits per heavy atom. The molecule has 18 heavy (non-hydrogen) atoms. The number of hydrogen-bond donors (Lipinski definition) is 2. The summed E-state index contributed by atoms with van der Waals surface area (Å²) in [6.07, 6.45) is 0.935. The van der Waals surface area contributed by atoms with Crippen molar-refractivity contribution in [2.45, 2.75) is 27.2 Å². The lowest BCUT2D eigenvalue weighted by molar-refractivity contribution is 0.987. The number of thiazole rings is 1. The Morgan fingerprint density at radius 2 is 1.94 bits per heavy atom. The van der Waals surface area contributed by atoms with Crippen LogP contribution in [0.2, 0.25) is 0 Å². The minimum Gasteiger partial charge on any atom is -0.397 e. The van der Waals surface area contributed by atoms with Gasteiger partial charge in [0.1, 0.15) is 0 Å². The summed E-state index contributed by atoms with van der Waals surface area (Å²) >= 11 is 1.71. The minimum absolute atomic E-state index is 0.813. The van der Waals surface area contributed by atoms with Crippen LogP contribution < -0.4 is 11.1 Å². The highest BCUT2D eigenvalue weighted by Gasteiger charge is 2.03. The Morgan fingerprint density at radius 3 is 2.61 bits per heavy atom. The van der Waals surface area contributed by atoms with Crippen LogP contribution >= 0.6 is 11.3 Å². The van der Waals surface area contributed by atoms with E-state index in [1.807, 2.05) is 13.0 Å². The molecule has 1 aromatic carbocycles. The van der Waals surface area contributed by atoms with Crippen molar-refractivity contribution in [2.75, 3.05) is 17.6 Å². The molecule has 0 saturated carbocycles. The molecule has 0 aliphatic rings. The van der Waals surface area contributed by atoms with Crippen molar-refractivity contribution in [3.05, 3.63) is 39.3 Å². The summed E-state index contributed by atoms with van der Waals surface area (Å²) in [6.45, 7) is 7.06. The molecule has 1 aromatic heterocycles. The Hall–Kier alpha value is -1.55. The van der Waals surface area contributed by atoms with Gasteiger partial charge >= 0.3 is 0 Å². The maximum Gasteiger partial charge on any atom is 0.0945 e. The van der Waals surface area contributed by atoms with E-state index in [0.717, 1.165) is 30.0 Å². The van der Waals surface area contributed by atoms with Crippen LogP contribution in [0.15, 0.2) is 17.5 Å². The van der Waals surface area contributed by atoms with Crippen molar-refractivity contribution in [1.29, 1.82) is 0 Å². The third-order valence-electron chi connectivity index (χ3n) is 2.99. The summed E-state index contributed by atoms with van der Waals surface area (Å²) in [6, 6.07) is 4.13. The second-order valence-electron chi connectivity index (χ2n) is 4.58. The predicted molar refractivity (Wildman–Crippen MR) is 79.4 cm³/mol. The van der Waals surface area contributed by atoms with E-state index in [4.69, 9.17) is 5.73 Å². The molecule has 0 aliphatic heterocycles. The molecule has 0 saturated heterocycles. The van der Waals surface area contributed by atoms with Crippen molar-refractivity contribution < 1.29 is 0 Å². The zero-order valence-electron chi connectivity index (χ0n) is 11.1. The highest BCUT2D eigenvalue weighted by Crippen LogP contribution is 2.23. The van der Waals surface area contributed by atoms with Crippen molar-refractivity contribution in [3.63, 3.8) is 0 Å². The lowest BCUT2D eigenvalue weighted by Crippen LogP contribution is -2.07. The third kappa shape index (κ3) is 3.01. The summed E-state index contributed by atoms with van der Waals surface area (Å²) in [5.41, 5.74) is 11.4. The summed E-state index contributed by atoms with van der Waals surface area (Å²) in [7, 11) is 0. The second-order valence-corrected chi connectivity index (χ2v) is 5.53. The highest BCUT2D eigenvalue weighted by atomic mass is 32.1. The number of rotatable bonds is 4. The first-order valence-electron chi connectivity index (χ1n) is 6.08. The van der Waals surface area contributed by atoms with Gasteiger partial charge in [0, 0.05) is 24.0 Å². The molecule has 1 heterocycles. The maximum absolute atomic E-state index is 6.00. The van der Waals surface area contributed by atoms with Crippen LogP contribution in [0.4, 0.5) is 11.4 Å². The molecule has 0 bridgehead atoms. The Balaban J connectivity index is 1.96. The van der Waals surface area contributed by atoms with E-state index in [1.165, 1.54) is 16.1 Å². The topological polar surface area (TPSA) is 50.9 Å². The van der Waals surface area contributed by atoms with Gasteiger partial charge in [-0.25, -0.2) is 4.98 Å². The van der Waals surface area contributed by atoms with Crippen molar-refractivity contribution in [1.82, 2.24) is 4.98 Å². The first kappa shape index (κ1) is 12.9. The average molecular weight is 261 g/mol. The fraction of sp³-hybridized carbons (Fsp3) is 0.357. The van der Waals surface area contributed by atoms with Gasteiger partial charge in [0.25, 0.3) is 0 Å². The molecule has 0 atom stereocenters. The molecule has 4 heteroatoms. The molecule has 2 aromatic rings. The van der Waals surface area contributed by atoms with Gasteiger partial charge in [0.15, 0.2) is 0 Å². The average Bonchev–Trinajstić information content (AvgIpc) is 2.71.